The first kappa shape index (κ1) is 28.0. The van der Waals surface area contributed by atoms with Crippen molar-refractivity contribution in [3.05, 3.63) is 71.1 Å². The van der Waals surface area contributed by atoms with Crippen molar-refractivity contribution in [2.24, 2.45) is 0 Å². The molecule has 2 saturated heterocycles. The number of fused-ring (bicyclic) bond motifs is 4. The predicted molar refractivity (Wildman–Crippen MR) is 178 cm³/mol. The van der Waals surface area contributed by atoms with Gasteiger partial charge in [-0.15, -0.1) is 11.3 Å². The Hall–Kier alpha value is -3.79. The van der Waals surface area contributed by atoms with E-state index in [1.54, 1.807) is 26.7 Å². The van der Waals surface area contributed by atoms with Crippen LogP contribution in [0.2, 0.25) is 0 Å². The van der Waals surface area contributed by atoms with Crippen molar-refractivity contribution in [3.63, 3.8) is 0 Å². The molecule has 5 aromatic rings. The zero-order valence-corrected chi connectivity index (χ0v) is 25.8. The molecule has 3 aromatic heterocycles. The van der Waals surface area contributed by atoms with Crippen LogP contribution in [0, 0.1) is 0 Å². The summed E-state index contributed by atoms with van der Waals surface area (Å²) in [4.78, 5) is 40.2. The summed E-state index contributed by atoms with van der Waals surface area (Å²) in [6, 6.07) is 18.4. The third kappa shape index (κ3) is 5.30. The Morgan fingerprint density at radius 3 is 2.44 bits per heavy atom. The van der Waals surface area contributed by atoms with Crippen LogP contribution < -0.4 is 15.4 Å². The Bertz CT molecular complexity index is 1870. The number of carbonyl (C=O) groups excluding carboxylic acids is 1. The van der Waals surface area contributed by atoms with Gasteiger partial charge in [0.1, 0.15) is 11.5 Å². The van der Waals surface area contributed by atoms with Gasteiger partial charge in [-0.25, -0.2) is 4.98 Å². The second-order valence-electron chi connectivity index (χ2n) is 11.7. The SMILES string of the molecule is CCN1CCN(CC(=O)N(C)c2ccc3sc4c(-c5cccn6c(=O)cc(N7CCCCC7)nc56)cccc4c3c2)CC1. The molecule has 7 rings (SSSR count). The summed E-state index contributed by atoms with van der Waals surface area (Å²) in [5.41, 5.74) is 3.55. The van der Waals surface area contributed by atoms with E-state index < -0.39 is 0 Å². The molecule has 0 unspecified atom stereocenters. The van der Waals surface area contributed by atoms with Crippen LogP contribution in [0.3, 0.4) is 0 Å². The second kappa shape index (κ2) is 11.7. The summed E-state index contributed by atoms with van der Waals surface area (Å²) in [7, 11) is 1.88. The smallest absolute Gasteiger partial charge is 0.259 e. The number of piperidine rings is 1. The Balaban J connectivity index is 1.24. The molecule has 43 heavy (non-hydrogen) atoms. The van der Waals surface area contributed by atoms with E-state index in [4.69, 9.17) is 4.98 Å². The van der Waals surface area contributed by atoms with Gasteiger partial charge in [-0.05, 0) is 56.1 Å². The molecule has 0 atom stereocenters. The lowest BCUT2D eigenvalue weighted by Gasteiger charge is -2.34. The summed E-state index contributed by atoms with van der Waals surface area (Å²) in [6.45, 7) is 9.45. The summed E-state index contributed by atoms with van der Waals surface area (Å²) in [5, 5.41) is 2.28. The number of pyridine rings is 1. The Kier molecular flexibility index (Phi) is 7.63. The molecule has 0 bridgehead atoms. The number of aromatic nitrogens is 2. The van der Waals surface area contributed by atoms with E-state index in [-0.39, 0.29) is 11.5 Å². The summed E-state index contributed by atoms with van der Waals surface area (Å²) < 4.78 is 3.99. The van der Waals surface area contributed by atoms with Gasteiger partial charge in [0.05, 0.1) is 6.54 Å². The van der Waals surface area contributed by atoms with Gasteiger partial charge in [-0.2, -0.15) is 0 Å². The van der Waals surface area contributed by atoms with Crippen LogP contribution in [0.5, 0.6) is 0 Å². The molecule has 5 heterocycles. The number of anilines is 2. The van der Waals surface area contributed by atoms with Crippen LogP contribution in [-0.4, -0.2) is 84.5 Å². The van der Waals surface area contributed by atoms with Crippen molar-refractivity contribution >= 4 is 54.6 Å². The Morgan fingerprint density at radius 2 is 1.65 bits per heavy atom. The average molecular weight is 595 g/mol. The summed E-state index contributed by atoms with van der Waals surface area (Å²) in [6.07, 6.45) is 5.29. The molecule has 1 amide bonds. The monoisotopic (exact) mass is 594 g/mol. The van der Waals surface area contributed by atoms with Gasteiger partial charge in [0, 0.05) is 95.6 Å². The average Bonchev–Trinajstić information content (AvgIpc) is 3.43. The number of hydrogen-bond donors (Lipinski definition) is 0. The maximum Gasteiger partial charge on any atom is 0.259 e. The molecule has 0 radical (unpaired) electrons. The molecular formula is C34H38N6O2S. The van der Waals surface area contributed by atoms with Gasteiger partial charge in [-0.1, -0.05) is 25.1 Å². The molecule has 222 valence electrons. The molecule has 2 aliphatic rings. The van der Waals surface area contributed by atoms with Gasteiger partial charge in [0.2, 0.25) is 5.91 Å². The lowest BCUT2D eigenvalue weighted by atomic mass is 10.0. The van der Waals surface area contributed by atoms with Crippen LogP contribution in [-0.2, 0) is 4.79 Å². The number of carbonyl (C=O) groups is 1. The predicted octanol–water partition coefficient (Wildman–Crippen LogP) is 5.32. The van der Waals surface area contributed by atoms with Crippen molar-refractivity contribution in [1.82, 2.24) is 19.2 Å². The Labute approximate surface area is 255 Å². The summed E-state index contributed by atoms with van der Waals surface area (Å²) in [5.74, 6) is 0.881. The first-order chi connectivity index (χ1) is 21.0. The number of benzene rings is 2. The molecule has 9 heteroatoms. The molecule has 2 fully saturated rings. The van der Waals surface area contributed by atoms with Gasteiger partial charge >= 0.3 is 0 Å². The zero-order chi connectivity index (χ0) is 29.5. The number of hydrogen-bond acceptors (Lipinski definition) is 7. The topological polar surface area (TPSA) is 64.4 Å². The zero-order valence-electron chi connectivity index (χ0n) is 25.0. The maximum atomic E-state index is 13.3. The normalized spacial score (nSPS) is 16.8. The van der Waals surface area contributed by atoms with Crippen LogP contribution in [0.25, 0.3) is 36.9 Å². The first-order valence-corrected chi connectivity index (χ1v) is 16.3. The van der Waals surface area contributed by atoms with Gasteiger partial charge in [0.25, 0.3) is 5.56 Å². The van der Waals surface area contributed by atoms with Crippen LogP contribution >= 0.6 is 11.3 Å². The quantitative estimate of drug-likeness (QED) is 0.265. The second-order valence-corrected chi connectivity index (χ2v) is 12.8. The van der Waals surface area contributed by atoms with E-state index in [0.717, 1.165) is 96.8 Å². The van der Waals surface area contributed by atoms with Crippen molar-refractivity contribution in [1.29, 1.82) is 0 Å². The van der Waals surface area contributed by atoms with Gasteiger partial charge in [0.15, 0.2) is 0 Å². The standard InChI is InChI=1S/C34H38N6O2S/c1-3-37-17-19-38(20-18-37)23-32(42)36(2)24-12-13-29-28(21-24)26-10-7-9-25(33(26)43-29)27-11-8-16-40-31(41)22-30(35-34(27)40)39-14-5-4-6-15-39/h7-13,16,21-22H,3-6,14-15,17-20,23H2,1-2H3. The van der Waals surface area contributed by atoms with E-state index in [9.17, 15) is 9.59 Å². The minimum absolute atomic E-state index is 0.0551. The van der Waals surface area contributed by atoms with E-state index in [1.807, 2.05) is 25.4 Å². The highest BCUT2D eigenvalue weighted by molar-refractivity contribution is 7.26. The molecular weight excluding hydrogens is 556 g/mol. The fourth-order valence-corrected chi connectivity index (χ4v) is 7.73. The summed E-state index contributed by atoms with van der Waals surface area (Å²) >= 11 is 1.75. The molecule has 0 aliphatic carbocycles. The third-order valence-corrected chi connectivity index (χ3v) is 10.4. The van der Waals surface area contributed by atoms with E-state index in [0.29, 0.717) is 12.2 Å². The van der Waals surface area contributed by atoms with Gasteiger partial charge in [-0.3, -0.25) is 18.9 Å². The Morgan fingerprint density at radius 1 is 0.884 bits per heavy atom. The lowest BCUT2D eigenvalue weighted by molar-refractivity contribution is -0.119. The molecule has 2 aromatic carbocycles. The van der Waals surface area contributed by atoms with E-state index in [2.05, 4.69) is 58.0 Å². The number of thiophene rings is 1. The minimum Gasteiger partial charge on any atom is -0.356 e. The molecule has 0 N–H and O–H groups in total. The highest BCUT2D eigenvalue weighted by atomic mass is 32.1. The lowest BCUT2D eigenvalue weighted by Crippen LogP contribution is -2.49. The fourth-order valence-electron chi connectivity index (χ4n) is 6.52. The molecule has 8 nitrogen and oxygen atoms in total. The van der Waals surface area contributed by atoms with E-state index >= 15 is 0 Å². The molecule has 2 aliphatic heterocycles. The van der Waals surface area contributed by atoms with Crippen LogP contribution in [0.1, 0.15) is 26.2 Å². The number of amides is 1. The number of piperazine rings is 1. The first-order valence-electron chi connectivity index (χ1n) is 15.4. The van der Waals surface area contributed by atoms with Crippen molar-refractivity contribution in [2.75, 3.05) is 69.2 Å². The van der Waals surface area contributed by atoms with Crippen molar-refractivity contribution in [2.45, 2.75) is 26.2 Å². The van der Waals surface area contributed by atoms with Crippen molar-refractivity contribution < 1.29 is 4.79 Å². The highest BCUT2D eigenvalue weighted by Gasteiger charge is 2.22. The number of rotatable bonds is 6. The molecule has 0 saturated carbocycles. The highest BCUT2D eigenvalue weighted by Crippen LogP contribution is 2.42. The third-order valence-electron chi connectivity index (χ3n) is 9.16. The van der Waals surface area contributed by atoms with Crippen molar-refractivity contribution in [3.8, 4) is 11.1 Å². The van der Waals surface area contributed by atoms with Crippen LogP contribution in [0.15, 0.2) is 65.6 Å². The maximum absolute atomic E-state index is 13.3. The molecule has 0 spiro atoms. The van der Waals surface area contributed by atoms with Gasteiger partial charge < -0.3 is 14.7 Å². The van der Waals surface area contributed by atoms with Crippen LogP contribution in [0.4, 0.5) is 11.5 Å². The fraction of sp³-hybridized carbons (Fsp3) is 0.382. The minimum atomic E-state index is -0.0551. The number of likely N-dealkylation sites (N-methyl/N-ethyl adjacent to an activating group) is 2. The van der Waals surface area contributed by atoms with E-state index in [1.165, 1.54) is 11.1 Å². The largest absolute Gasteiger partial charge is 0.356 e. The number of nitrogens with zero attached hydrogens (tertiary/aromatic N) is 6.